The van der Waals surface area contributed by atoms with E-state index in [4.69, 9.17) is 19.6 Å². The van der Waals surface area contributed by atoms with Crippen LogP contribution in [0.2, 0.25) is 0 Å². The molecular formula is C23H42O8. The number of ether oxygens (including phenoxy) is 1. The van der Waals surface area contributed by atoms with Gasteiger partial charge < -0.3 is 9.53 Å². The van der Waals surface area contributed by atoms with Crippen LogP contribution < -0.4 is 0 Å². The van der Waals surface area contributed by atoms with Gasteiger partial charge in [-0.1, -0.05) is 0 Å². The Morgan fingerprint density at radius 2 is 0.935 bits per heavy atom. The van der Waals surface area contributed by atoms with Gasteiger partial charge in [-0.15, -0.1) is 0 Å². The first-order chi connectivity index (χ1) is 13.6. The predicted molar refractivity (Wildman–Crippen MR) is 118 cm³/mol. The molecule has 0 fully saturated rings. The summed E-state index contributed by atoms with van der Waals surface area (Å²) < 4.78 is 3.97. The van der Waals surface area contributed by atoms with Crippen LogP contribution in [0.15, 0.2) is 12.2 Å². The number of carbonyl (C=O) groups excluding carboxylic acids is 3. The van der Waals surface area contributed by atoms with Crippen molar-refractivity contribution in [3.8, 4) is 0 Å². The highest BCUT2D eigenvalue weighted by Gasteiger charge is 2.30. The van der Waals surface area contributed by atoms with Gasteiger partial charge in [0.15, 0.2) is 0 Å². The number of Topliss-reactive ketones (excluding diaryl/α,β-unsaturated/α-hetero) is 1. The lowest BCUT2D eigenvalue weighted by atomic mass is 9.94. The zero-order valence-electron chi connectivity index (χ0n) is 21.3. The highest BCUT2D eigenvalue weighted by atomic mass is 17.2. The third-order valence-electron chi connectivity index (χ3n) is 2.92. The van der Waals surface area contributed by atoms with Crippen molar-refractivity contribution in [3.05, 3.63) is 12.2 Å². The maximum Gasteiger partial charge on any atom is 0.338 e. The van der Waals surface area contributed by atoms with Crippen molar-refractivity contribution in [2.24, 2.45) is 0 Å². The summed E-state index contributed by atoms with van der Waals surface area (Å²) in [5, 5.41) is 0. The molecule has 0 aromatic carbocycles. The van der Waals surface area contributed by atoms with Crippen molar-refractivity contribution in [2.45, 2.75) is 118 Å². The van der Waals surface area contributed by atoms with Crippen molar-refractivity contribution in [2.75, 3.05) is 0 Å². The Bertz CT molecular complexity index is 554. The van der Waals surface area contributed by atoms with E-state index in [1.165, 1.54) is 13.8 Å². The molecule has 1 aliphatic heterocycles. The molecule has 0 saturated heterocycles. The molecule has 0 N–H and O–H groups in total. The molecule has 1 heterocycles. The Balaban J connectivity index is 0. The van der Waals surface area contributed by atoms with Gasteiger partial charge in [-0.3, -0.25) is 0 Å². The van der Waals surface area contributed by atoms with Gasteiger partial charge in [0.1, 0.15) is 5.78 Å². The smallest absolute Gasteiger partial charge is 0.338 e. The topological polar surface area (TPSA) is 97.4 Å². The minimum Gasteiger partial charge on any atom is -0.387 e. The fourth-order valence-electron chi connectivity index (χ4n) is 1.46. The van der Waals surface area contributed by atoms with E-state index in [0.717, 1.165) is 25.0 Å². The lowest BCUT2D eigenvalue weighted by Gasteiger charge is -2.33. The Morgan fingerprint density at radius 3 is 1.10 bits per heavy atom. The fraction of sp³-hybridized carbons (Fsp3) is 0.783. The summed E-state index contributed by atoms with van der Waals surface area (Å²) >= 11 is 0. The zero-order valence-corrected chi connectivity index (χ0v) is 21.3. The van der Waals surface area contributed by atoms with Crippen molar-refractivity contribution < 1.29 is 38.7 Å². The van der Waals surface area contributed by atoms with E-state index >= 15 is 0 Å². The van der Waals surface area contributed by atoms with Crippen LogP contribution in [0.5, 0.6) is 0 Å². The molecule has 8 heteroatoms. The largest absolute Gasteiger partial charge is 0.387 e. The highest BCUT2D eigenvalue weighted by Crippen LogP contribution is 2.27. The number of hydrogen-bond acceptors (Lipinski definition) is 8. The molecule has 182 valence electrons. The van der Waals surface area contributed by atoms with Crippen LogP contribution in [-0.2, 0) is 38.7 Å². The van der Waals surface area contributed by atoms with Gasteiger partial charge in [-0.2, -0.15) is 0 Å². The zero-order chi connectivity index (χ0) is 25.1. The number of ketones is 1. The van der Waals surface area contributed by atoms with Crippen LogP contribution in [-0.4, -0.2) is 40.1 Å². The van der Waals surface area contributed by atoms with E-state index in [-0.39, 0.29) is 28.2 Å². The Labute approximate surface area is 187 Å². The van der Waals surface area contributed by atoms with E-state index in [2.05, 4.69) is 4.74 Å². The Morgan fingerprint density at radius 1 is 0.677 bits per heavy atom. The van der Waals surface area contributed by atoms with E-state index in [0.29, 0.717) is 0 Å². The average molecular weight is 447 g/mol. The van der Waals surface area contributed by atoms with Crippen molar-refractivity contribution in [3.63, 3.8) is 0 Å². The van der Waals surface area contributed by atoms with Crippen LogP contribution in [0.1, 0.15) is 95.9 Å². The number of esters is 2. The summed E-state index contributed by atoms with van der Waals surface area (Å²) in [6.07, 6.45) is 3.79. The van der Waals surface area contributed by atoms with E-state index < -0.39 is 11.9 Å². The van der Waals surface area contributed by atoms with E-state index in [1.807, 2.05) is 69.2 Å². The van der Waals surface area contributed by atoms with Crippen LogP contribution in [0, 0.1) is 0 Å². The minimum atomic E-state index is -0.579. The van der Waals surface area contributed by atoms with Gasteiger partial charge in [-0.25, -0.2) is 29.1 Å². The standard InChI is InChI=1S/C16H34O4.C4H2O3.C3H6O/c1-13(2,3)17-19-15(7,8)11-12-16(9,10)20-18-14(4,5)6;5-3-1-2-4(6)7-3;1-3(2)4/h11-12H2,1-10H3;1-2H;1-2H3. The van der Waals surface area contributed by atoms with Crippen LogP contribution >= 0.6 is 0 Å². The van der Waals surface area contributed by atoms with Gasteiger partial charge in [0, 0.05) is 12.2 Å². The molecule has 0 aromatic heterocycles. The quantitative estimate of drug-likeness (QED) is 0.232. The summed E-state index contributed by atoms with van der Waals surface area (Å²) in [4.78, 5) is 51.2. The number of rotatable bonds is 7. The van der Waals surface area contributed by atoms with Crippen molar-refractivity contribution in [1.29, 1.82) is 0 Å². The average Bonchev–Trinajstić information content (AvgIpc) is 2.92. The number of hydrogen-bond donors (Lipinski definition) is 0. The third kappa shape index (κ3) is 24.5. The van der Waals surface area contributed by atoms with Crippen molar-refractivity contribution in [1.82, 2.24) is 0 Å². The van der Waals surface area contributed by atoms with E-state index in [9.17, 15) is 14.4 Å². The van der Waals surface area contributed by atoms with Gasteiger partial charge in [0.25, 0.3) is 0 Å². The highest BCUT2D eigenvalue weighted by molar-refractivity contribution is 6.04. The first kappa shape index (κ1) is 31.6. The maximum absolute atomic E-state index is 9.92. The number of carbonyl (C=O) groups is 3. The van der Waals surface area contributed by atoms with Gasteiger partial charge in [-0.05, 0) is 95.9 Å². The number of cyclic esters (lactones) is 2. The predicted octanol–water partition coefficient (Wildman–Crippen LogP) is 5.04. The molecule has 1 aliphatic rings. The lowest BCUT2D eigenvalue weighted by molar-refractivity contribution is -0.410. The summed E-state index contributed by atoms with van der Waals surface area (Å²) in [5.41, 5.74) is -1.34. The van der Waals surface area contributed by atoms with Gasteiger partial charge >= 0.3 is 11.9 Å². The Hall–Kier alpha value is -1.61. The molecule has 0 aliphatic carbocycles. The van der Waals surface area contributed by atoms with Crippen LogP contribution in [0.3, 0.4) is 0 Å². The lowest BCUT2D eigenvalue weighted by Crippen LogP contribution is -2.35. The molecule has 8 nitrogen and oxygen atoms in total. The molecule has 0 spiro atoms. The molecule has 0 saturated carbocycles. The molecule has 0 bridgehead atoms. The first-order valence-electron chi connectivity index (χ1n) is 10.3. The SMILES string of the molecule is CC(C)(C)OOC(C)(C)CCC(C)(C)OOC(C)(C)C.CC(C)=O.O=C1C=CC(=O)O1. The molecule has 0 aromatic rings. The Kier molecular flexibility index (Phi) is 13.3. The second-order valence-electron chi connectivity index (χ2n) is 10.6. The van der Waals surface area contributed by atoms with Gasteiger partial charge in [0.05, 0.1) is 22.4 Å². The first-order valence-corrected chi connectivity index (χ1v) is 10.3. The maximum atomic E-state index is 9.92. The molecule has 0 radical (unpaired) electrons. The molecule has 0 amide bonds. The van der Waals surface area contributed by atoms with Gasteiger partial charge in [0.2, 0.25) is 0 Å². The third-order valence-corrected chi connectivity index (χ3v) is 2.92. The summed E-state index contributed by atoms with van der Waals surface area (Å²) in [6, 6.07) is 0. The molecule has 31 heavy (non-hydrogen) atoms. The molecule has 1 rings (SSSR count). The monoisotopic (exact) mass is 446 g/mol. The normalized spacial score (nSPS) is 14.3. The molecular weight excluding hydrogens is 404 g/mol. The second-order valence-corrected chi connectivity index (χ2v) is 10.6. The van der Waals surface area contributed by atoms with Crippen molar-refractivity contribution >= 4 is 17.7 Å². The molecule has 0 unspecified atom stereocenters. The second kappa shape index (κ2) is 13.1. The van der Waals surface area contributed by atoms with Crippen LogP contribution in [0.4, 0.5) is 0 Å². The summed E-state index contributed by atoms with van der Waals surface area (Å²) in [5.74, 6) is -0.991. The minimum absolute atomic E-state index is 0.167. The van der Waals surface area contributed by atoms with E-state index in [1.54, 1.807) is 0 Å². The summed E-state index contributed by atoms with van der Waals surface area (Å²) in [7, 11) is 0. The molecule has 0 atom stereocenters. The summed E-state index contributed by atoms with van der Waals surface area (Å²) in [6.45, 7) is 22.9. The van der Waals surface area contributed by atoms with Crippen LogP contribution in [0.25, 0.3) is 0 Å². The fourth-order valence-corrected chi connectivity index (χ4v) is 1.46.